The summed E-state index contributed by atoms with van der Waals surface area (Å²) in [4.78, 5) is 6.60. The van der Waals surface area contributed by atoms with Crippen LogP contribution in [0.15, 0.2) is 47.5 Å². The van der Waals surface area contributed by atoms with Crippen LogP contribution >= 0.6 is 47.2 Å². The lowest BCUT2D eigenvalue weighted by Crippen LogP contribution is -2.34. The molecule has 0 aliphatic heterocycles. The molecule has 0 heterocycles. The smallest absolute Gasteiger partial charge is 0.189 e. The van der Waals surface area contributed by atoms with E-state index >= 15 is 0 Å². The molecular weight excluding hydrogens is 482 g/mol. The number of nitrogens with one attached hydrogen (secondary N) is 1. The van der Waals surface area contributed by atoms with Gasteiger partial charge in [0.15, 0.2) is 5.96 Å². The van der Waals surface area contributed by atoms with Gasteiger partial charge in [-0.25, -0.2) is 4.99 Å². The fraction of sp³-hybridized carbons (Fsp3) is 0.316. The topological polar surface area (TPSA) is 53.6 Å². The second-order valence-corrected chi connectivity index (χ2v) is 7.08. The first-order chi connectivity index (χ1) is 11.9. The molecule has 0 bridgehead atoms. The van der Waals surface area contributed by atoms with Gasteiger partial charge >= 0.3 is 0 Å². The van der Waals surface area contributed by atoms with E-state index in [1.54, 1.807) is 6.07 Å². The van der Waals surface area contributed by atoms with Crippen LogP contribution in [0.25, 0.3) is 0 Å². The normalized spacial score (nSPS) is 12.6. The number of aliphatic imine (C=N–C) groups is 1. The Morgan fingerprint density at radius 2 is 1.81 bits per heavy atom. The molecule has 2 aromatic rings. The van der Waals surface area contributed by atoms with E-state index in [1.807, 2.05) is 45.3 Å². The third-order valence-electron chi connectivity index (χ3n) is 3.82. The van der Waals surface area contributed by atoms with Gasteiger partial charge in [-0.2, -0.15) is 0 Å². The van der Waals surface area contributed by atoms with E-state index < -0.39 is 0 Å². The van der Waals surface area contributed by atoms with Gasteiger partial charge < -0.3 is 16.0 Å². The van der Waals surface area contributed by atoms with Crippen molar-refractivity contribution < 1.29 is 0 Å². The van der Waals surface area contributed by atoms with Gasteiger partial charge in [0.1, 0.15) is 0 Å². The summed E-state index contributed by atoms with van der Waals surface area (Å²) in [6, 6.07) is 13.6. The van der Waals surface area contributed by atoms with Crippen molar-refractivity contribution in [2.45, 2.75) is 26.1 Å². The van der Waals surface area contributed by atoms with Gasteiger partial charge in [-0.1, -0.05) is 53.5 Å². The molecule has 0 saturated heterocycles. The third kappa shape index (κ3) is 6.95. The summed E-state index contributed by atoms with van der Waals surface area (Å²) >= 11 is 12.2. The molecule has 0 aliphatic rings. The van der Waals surface area contributed by atoms with Gasteiger partial charge in [0.2, 0.25) is 0 Å². The van der Waals surface area contributed by atoms with Gasteiger partial charge in [-0.3, -0.25) is 0 Å². The van der Waals surface area contributed by atoms with E-state index in [0.717, 1.165) is 17.7 Å². The number of benzene rings is 2. The molecule has 1 unspecified atom stereocenters. The Kier molecular flexibility index (Phi) is 9.71. The van der Waals surface area contributed by atoms with Crippen LogP contribution in [0.1, 0.15) is 29.7 Å². The van der Waals surface area contributed by atoms with Crippen molar-refractivity contribution in [2.24, 2.45) is 10.7 Å². The summed E-state index contributed by atoms with van der Waals surface area (Å²) in [5.74, 6) is 0.387. The Morgan fingerprint density at radius 1 is 1.15 bits per heavy atom. The molecule has 0 spiro atoms. The summed E-state index contributed by atoms with van der Waals surface area (Å²) in [7, 11) is 4.10. The predicted octanol–water partition coefficient (Wildman–Crippen LogP) is 4.84. The minimum Gasteiger partial charge on any atom is -0.370 e. The Labute approximate surface area is 182 Å². The molecule has 0 radical (unpaired) electrons. The summed E-state index contributed by atoms with van der Waals surface area (Å²) in [6.07, 6.45) is 0. The molecule has 26 heavy (non-hydrogen) atoms. The number of nitrogens with zero attached hydrogens (tertiary/aromatic N) is 2. The van der Waals surface area contributed by atoms with Crippen LogP contribution in [0.2, 0.25) is 10.0 Å². The van der Waals surface area contributed by atoms with Crippen molar-refractivity contribution in [2.75, 3.05) is 14.1 Å². The van der Waals surface area contributed by atoms with Crippen molar-refractivity contribution in [3.05, 3.63) is 69.2 Å². The molecule has 3 N–H and O–H groups in total. The van der Waals surface area contributed by atoms with Crippen LogP contribution in [0.5, 0.6) is 0 Å². The van der Waals surface area contributed by atoms with Gasteiger partial charge in [-0.05, 0) is 49.8 Å². The lowest BCUT2D eigenvalue weighted by Gasteiger charge is -2.17. The Balaban J connectivity index is 0.00000338. The van der Waals surface area contributed by atoms with Gasteiger partial charge in [0.05, 0.1) is 12.6 Å². The summed E-state index contributed by atoms with van der Waals surface area (Å²) in [5.41, 5.74) is 9.39. The van der Waals surface area contributed by atoms with Crippen LogP contribution < -0.4 is 11.1 Å². The SMILES string of the molecule is CC(NC(N)=NCc1ccccc1CN(C)C)c1ccc(Cl)cc1Cl.I. The second kappa shape index (κ2) is 11.0. The Hall–Kier alpha value is -1.02. The summed E-state index contributed by atoms with van der Waals surface area (Å²) in [6.45, 7) is 3.39. The molecular formula is C19H25Cl2IN4. The predicted molar refractivity (Wildman–Crippen MR) is 123 cm³/mol. The molecule has 0 saturated carbocycles. The van der Waals surface area contributed by atoms with Crippen LogP contribution in [0.3, 0.4) is 0 Å². The highest BCUT2D eigenvalue weighted by molar-refractivity contribution is 14.0. The fourth-order valence-corrected chi connectivity index (χ4v) is 3.15. The van der Waals surface area contributed by atoms with Crippen LogP contribution in [-0.2, 0) is 13.1 Å². The number of halogens is 3. The first kappa shape index (κ1) is 23.0. The van der Waals surface area contributed by atoms with Crippen molar-refractivity contribution in [3.63, 3.8) is 0 Å². The van der Waals surface area contributed by atoms with E-state index in [-0.39, 0.29) is 30.0 Å². The van der Waals surface area contributed by atoms with E-state index in [2.05, 4.69) is 27.3 Å². The van der Waals surface area contributed by atoms with E-state index in [0.29, 0.717) is 22.5 Å². The molecule has 4 nitrogen and oxygen atoms in total. The number of hydrogen-bond donors (Lipinski definition) is 2. The highest BCUT2D eigenvalue weighted by Gasteiger charge is 2.11. The van der Waals surface area contributed by atoms with Gasteiger partial charge in [0.25, 0.3) is 0 Å². The monoisotopic (exact) mass is 506 g/mol. The first-order valence-electron chi connectivity index (χ1n) is 8.09. The quantitative estimate of drug-likeness (QED) is 0.335. The van der Waals surface area contributed by atoms with Gasteiger partial charge in [0, 0.05) is 16.6 Å². The Morgan fingerprint density at radius 3 is 2.42 bits per heavy atom. The largest absolute Gasteiger partial charge is 0.370 e. The van der Waals surface area contributed by atoms with Crippen LogP contribution in [0.4, 0.5) is 0 Å². The minimum absolute atomic E-state index is 0. The first-order valence-corrected chi connectivity index (χ1v) is 8.85. The molecule has 0 aliphatic carbocycles. The van der Waals surface area contributed by atoms with Gasteiger partial charge in [-0.15, -0.1) is 24.0 Å². The van der Waals surface area contributed by atoms with E-state index in [4.69, 9.17) is 28.9 Å². The van der Waals surface area contributed by atoms with E-state index in [1.165, 1.54) is 5.56 Å². The third-order valence-corrected chi connectivity index (χ3v) is 4.38. The molecule has 0 aromatic heterocycles. The maximum absolute atomic E-state index is 6.24. The zero-order valence-corrected chi connectivity index (χ0v) is 19.0. The molecule has 0 fully saturated rings. The number of rotatable bonds is 6. The molecule has 1 atom stereocenters. The lowest BCUT2D eigenvalue weighted by molar-refractivity contribution is 0.401. The highest BCUT2D eigenvalue weighted by atomic mass is 127. The second-order valence-electron chi connectivity index (χ2n) is 6.24. The number of nitrogens with two attached hydrogens (primary N) is 1. The van der Waals surface area contributed by atoms with Crippen molar-refractivity contribution in [1.82, 2.24) is 10.2 Å². The maximum atomic E-state index is 6.24. The fourth-order valence-electron chi connectivity index (χ4n) is 2.57. The molecule has 2 aromatic carbocycles. The van der Waals surface area contributed by atoms with Crippen LogP contribution in [0, 0.1) is 0 Å². The van der Waals surface area contributed by atoms with Crippen molar-refractivity contribution in [1.29, 1.82) is 0 Å². The lowest BCUT2D eigenvalue weighted by atomic mass is 10.1. The molecule has 0 amide bonds. The zero-order chi connectivity index (χ0) is 18.4. The zero-order valence-electron chi connectivity index (χ0n) is 15.2. The summed E-state index contributed by atoms with van der Waals surface area (Å²) < 4.78 is 0. The maximum Gasteiger partial charge on any atom is 0.189 e. The van der Waals surface area contributed by atoms with Crippen molar-refractivity contribution >= 4 is 53.1 Å². The molecule has 142 valence electrons. The summed E-state index contributed by atoms with van der Waals surface area (Å²) in [5, 5.41) is 4.40. The number of guanidine groups is 1. The van der Waals surface area contributed by atoms with Crippen molar-refractivity contribution in [3.8, 4) is 0 Å². The average molecular weight is 507 g/mol. The Bertz CT molecular complexity index is 750. The standard InChI is InChI=1S/C19H24Cl2N4.HI/c1-13(17-9-8-16(20)10-18(17)21)24-19(22)23-11-14-6-4-5-7-15(14)12-25(2)3;/h4-10,13H,11-12H2,1-3H3,(H3,22,23,24);1H. The highest BCUT2D eigenvalue weighted by Crippen LogP contribution is 2.25. The number of hydrogen-bond acceptors (Lipinski definition) is 2. The minimum atomic E-state index is -0.0643. The molecule has 2 rings (SSSR count). The molecule has 7 heteroatoms. The van der Waals surface area contributed by atoms with E-state index in [9.17, 15) is 0 Å². The van der Waals surface area contributed by atoms with Crippen LogP contribution in [-0.4, -0.2) is 25.0 Å². The average Bonchev–Trinajstić information content (AvgIpc) is 2.53.